The number of hydrogen-bond donors (Lipinski definition) is 0. The molecule has 1 aliphatic heterocycles. The van der Waals surface area contributed by atoms with Gasteiger partial charge in [-0.15, -0.1) is 0 Å². The van der Waals surface area contributed by atoms with Crippen LogP contribution in [0.15, 0.2) is 88.2 Å². The molecule has 0 fully saturated rings. The maximum Gasteiger partial charge on any atom is 0.337 e. The first-order valence-corrected chi connectivity index (χ1v) is 12.4. The summed E-state index contributed by atoms with van der Waals surface area (Å²) in [6, 6.07) is 21.2. The monoisotopic (exact) mass is 496 g/mol. The van der Waals surface area contributed by atoms with Crippen LogP contribution in [-0.4, -0.2) is 17.6 Å². The van der Waals surface area contributed by atoms with E-state index in [1.165, 1.54) is 36.1 Å². The van der Waals surface area contributed by atoms with Gasteiger partial charge in [-0.25, -0.2) is 14.2 Å². The van der Waals surface area contributed by atoms with Crippen molar-refractivity contribution in [1.29, 1.82) is 0 Å². The van der Waals surface area contributed by atoms with Crippen LogP contribution in [0.25, 0.3) is 11.8 Å². The average Bonchev–Trinajstić information content (AvgIpc) is 3.22. The topological polar surface area (TPSA) is 60.7 Å². The van der Waals surface area contributed by atoms with Gasteiger partial charge >= 0.3 is 5.97 Å². The van der Waals surface area contributed by atoms with E-state index in [0.29, 0.717) is 14.9 Å². The molecule has 0 bridgehead atoms. The van der Waals surface area contributed by atoms with Crippen molar-refractivity contribution < 1.29 is 13.9 Å². The highest BCUT2D eigenvalue weighted by molar-refractivity contribution is 7.07. The highest BCUT2D eigenvalue weighted by Crippen LogP contribution is 2.41. The molecule has 3 aromatic carbocycles. The fourth-order valence-electron chi connectivity index (χ4n) is 4.95. The fraction of sp³-hybridized carbons (Fsp3) is 0.138. The van der Waals surface area contributed by atoms with Crippen molar-refractivity contribution in [3.8, 4) is 0 Å². The van der Waals surface area contributed by atoms with Crippen LogP contribution in [-0.2, 0) is 11.2 Å². The second-order valence-electron chi connectivity index (χ2n) is 8.78. The molecule has 7 heteroatoms. The maximum absolute atomic E-state index is 13.7. The van der Waals surface area contributed by atoms with Gasteiger partial charge in [0.25, 0.3) is 5.56 Å². The molecule has 0 N–H and O–H groups in total. The number of aromatic nitrogens is 1. The summed E-state index contributed by atoms with van der Waals surface area (Å²) in [4.78, 5) is 31.3. The highest BCUT2D eigenvalue weighted by atomic mass is 32.1. The van der Waals surface area contributed by atoms with E-state index < -0.39 is 5.97 Å². The molecule has 178 valence electrons. The second-order valence-corrected chi connectivity index (χ2v) is 9.79. The number of carbonyl (C=O) groups excluding carboxylic acids is 1. The van der Waals surface area contributed by atoms with Gasteiger partial charge in [0.1, 0.15) is 5.82 Å². The number of hydrogen-bond acceptors (Lipinski definition) is 5. The molecule has 5 nitrogen and oxygen atoms in total. The van der Waals surface area contributed by atoms with Crippen LogP contribution >= 0.6 is 11.3 Å². The van der Waals surface area contributed by atoms with Gasteiger partial charge in [0.05, 0.1) is 28.9 Å². The molecule has 1 unspecified atom stereocenters. The number of halogens is 1. The summed E-state index contributed by atoms with van der Waals surface area (Å²) < 4.78 is 20.5. The number of aryl methyl sites for hydroxylation is 1. The SMILES string of the molecule is COC(=O)c1ccc(C2C3=C(N=c4sc(=Cc5ccc(F)cc5)c(=O)n42)c2ccccc2CC3)cc1. The third-order valence-electron chi connectivity index (χ3n) is 6.69. The summed E-state index contributed by atoms with van der Waals surface area (Å²) in [5.74, 6) is -0.730. The molecule has 1 aliphatic carbocycles. The van der Waals surface area contributed by atoms with Crippen molar-refractivity contribution in [2.45, 2.75) is 18.9 Å². The van der Waals surface area contributed by atoms with Crippen molar-refractivity contribution in [2.75, 3.05) is 7.11 Å². The maximum atomic E-state index is 13.7. The predicted octanol–water partition coefficient (Wildman–Crippen LogP) is 4.24. The Labute approximate surface area is 210 Å². The van der Waals surface area contributed by atoms with Crippen molar-refractivity contribution in [1.82, 2.24) is 4.57 Å². The Kier molecular flexibility index (Phi) is 5.49. The Morgan fingerprint density at radius 3 is 2.56 bits per heavy atom. The van der Waals surface area contributed by atoms with E-state index in [9.17, 15) is 14.0 Å². The molecule has 0 amide bonds. The molecule has 2 heterocycles. The van der Waals surface area contributed by atoms with Gasteiger partial charge in [-0.2, -0.15) is 0 Å². The summed E-state index contributed by atoms with van der Waals surface area (Å²) in [6.45, 7) is 0. The lowest BCUT2D eigenvalue weighted by atomic mass is 9.83. The molecule has 0 saturated carbocycles. The summed E-state index contributed by atoms with van der Waals surface area (Å²) in [6.07, 6.45) is 3.42. The number of rotatable bonds is 3. The summed E-state index contributed by atoms with van der Waals surface area (Å²) in [7, 11) is 1.35. The van der Waals surface area contributed by atoms with Gasteiger partial charge < -0.3 is 4.74 Å². The van der Waals surface area contributed by atoms with Crippen molar-refractivity contribution in [2.24, 2.45) is 4.99 Å². The van der Waals surface area contributed by atoms with Gasteiger partial charge in [-0.05, 0) is 65.4 Å². The van der Waals surface area contributed by atoms with Crippen LogP contribution in [0.1, 0.15) is 45.1 Å². The quantitative estimate of drug-likeness (QED) is 0.399. The number of benzene rings is 3. The molecular weight excluding hydrogens is 475 g/mol. The zero-order chi connectivity index (χ0) is 24.8. The number of methoxy groups -OCH3 is 1. The number of nitrogens with zero attached hydrogens (tertiary/aromatic N) is 2. The molecular formula is C29H21FN2O3S. The predicted molar refractivity (Wildman–Crippen MR) is 137 cm³/mol. The van der Waals surface area contributed by atoms with E-state index in [2.05, 4.69) is 12.1 Å². The lowest BCUT2D eigenvalue weighted by Gasteiger charge is -2.30. The van der Waals surface area contributed by atoms with E-state index in [-0.39, 0.29) is 17.4 Å². The van der Waals surface area contributed by atoms with Gasteiger partial charge in [-0.1, -0.05) is 59.9 Å². The van der Waals surface area contributed by atoms with Crippen molar-refractivity contribution in [3.05, 3.63) is 132 Å². The minimum absolute atomic E-state index is 0.143. The molecule has 0 radical (unpaired) electrons. The summed E-state index contributed by atoms with van der Waals surface area (Å²) in [5, 5.41) is 0. The largest absolute Gasteiger partial charge is 0.465 e. The van der Waals surface area contributed by atoms with E-state index >= 15 is 0 Å². The lowest BCUT2D eigenvalue weighted by Crippen LogP contribution is -2.38. The molecule has 36 heavy (non-hydrogen) atoms. The Bertz CT molecular complexity index is 1710. The molecule has 4 aromatic rings. The summed E-state index contributed by atoms with van der Waals surface area (Å²) >= 11 is 1.33. The second kappa shape index (κ2) is 8.84. The lowest BCUT2D eigenvalue weighted by molar-refractivity contribution is 0.0600. The minimum Gasteiger partial charge on any atom is -0.465 e. The third kappa shape index (κ3) is 3.72. The van der Waals surface area contributed by atoms with Gasteiger partial charge in [-0.3, -0.25) is 9.36 Å². The van der Waals surface area contributed by atoms with Crippen LogP contribution < -0.4 is 14.9 Å². The molecule has 1 atom stereocenters. The van der Waals surface area contributed by atoms with Crippen LogP contribution in [0.3, 0.4) is 0 Å². The van der Waals surface area contributed by atoms with Crippen LogP contribution in [0.5, 0.6) is 0 Å². The first kappa shape index (κ1) is 22.4. The Balaban J connectivity index is 1.58. The van der Waals surface area contributed by atoms with Crippen molar-refractivity contribution >= 4 is 29.1 Å². The van der Waals surface area contributed by atoms with Gasteiger partial charge in [0.15, 0.2) is 4.80 Å². The zero-order valence-electron chi connectivity index (χ0n) is 19.4. The Hall–Kier alpha value is -4.10. The minimum atomic E-state index is -0.406. The van der Waals surface area contributed by atoms with E-state index in [1.54, 1.807) is 34.9 Å². The number of carbonyl (C=O) groups is 1. The number of esters is 1. The third-order valence-corrected chi connectivity index (χ3v) is 7.67. The van der Waals surface area contributed by atoms with E-state index in [0.717, 1.165) is 40.8 Å². The van der Waals surface area contributed by atoms with Gasteiger partial charge in [0, 0.05) is 5.56 Å². The Morgan fingerprint density at radius 1 is 1.06 bits per heavy atom. The van der Waals surface area contributed by atoms with Crippen LogP contribution in [0.2, 0.25) is 0 Å². The average molecular weight is 497 g/mol. The first-order valence-electron chi connectivity index (χ1n) is 11.6. The molecule has 0 saturated heterocycles. The standard InChI is InChI=1S/C29H21FN2O3S/c1-35-28(34)20-10-8-19(9-11-20)26-23-15-12-18-4-2-3-5-22(18)25(23)31-29-32(26)27(33)24(36-29)16-17-6-13-21(30)14-7-17/h2-11,13-14,16,26H,12,15H2,1H3. The van der Waals surface area contributed by atoms with Crippen molar-refractivity contribution in [3.63, 3.8) is 0 Å². The number of thiazole rings is 1. The first-order chi connectivity index (χ1) is 17.5. The van der Waals surface area contributed by atoms with Crippen LogP contribution in [0.4, 0.5) is 4.39 Å². The number of allylic oxidation sites excluding steroid dienone is 1. The summed E-state index contributed by atoms with van der Waals surface area (Å²) in [5.41, 5.74) is 6.28. The highest BCUT2D eigenvalue weighted by Gasteiger charge is 2.32. The molecule has 0 spiro atoms. The van der Waals surface area contributed by atoms with Crippen LogP contribution in [0, 0.1) is 5.82 Å². The number of ether oxygens (including phenoxy) is 1. The molecule has 2 aliphatic rings. The Morgan fingerprint density at radius 2 is 1.81 bits per heavy atom. The van der Waals surface area contributed by atoms with E-state index in [4.69, 9.17) is 9.73 Å². The normalized spacial score (nSPS) is 16.6. The van der Waals surface area contributed by atoms with E-state index in [1.807, 2.05) is 24.3 Å². The zero-order valence-corrected chi connectivity index (χ0v) is 20.2. The van der Waals surface area contributed by atoms with Gasteiger partial charge in [0.2, 0.25) is 0 Å². The fourth-order valence-corrected chi connectivity index (χ4v) is 5.95. The molecule has 1 aromatic heterocycles. The number of fused-ring (bicyclic) bond motifs is 3. The molecule has 6 rings (SSSR count). The smallest absolute Gasteiger partial charge is 0.337 e.